The summed E-state index contributed by atoms with van der Waals surface area (Å²) < 4.78 is 43.3. The van der Waals surface area contributed by atoms with Crippen LogP contribution in [-0.4, -0.2) is 16.0 Å². The first-order chi connectivity index (χ1) is 8.97. The molecule has 0 saturated carbocycles. The average Bonchev–Trinajstić information content (AvgIpc) is 2.78. The molecule has 100 valence electrons. The summed E-state index contributed by atoms with van der Waals surface area (Å²) in [5, 5.41) is 5.81. The Balaban J connectivity index is 2.08. The number of nitrogens with zero attached hydrogens (tertiary/aromatic N) is 2. The van der Waals surface area contributed by atoms with Crippen molar-refractivity contribution in [2.75, 3.05) is 0 Å². The summed E-state index contributed by atoms with van der Waals surface area (Å²) in [7, 11) is 0. The van der Waals surface area contributed by atoms with Gasteiger partial charge in [-0.15, -0.1) is 0 Å². The SMILES string of the molecule is Cc1noc(CNC(=O)c2cc(F)c(F)c(F)c2)n1. The van der Waals surface area contributed by atoms with Gasteiger partial charge in [0.2, 0.25) is 5.89 Å². The van der Waals surface area contributed by atoms with E-state index in [4.69, 9.17) is 4.52 Å². The molecule has 8 heteroatoms. The predicted molar refractivity (Wildman–Crippen MR) is 56.5 cm³/mol. The normalized spacial score (nSPS) is 10.5. The van der Waals surface area contributed by atoms with E-state index < -0.39 is 23.4 Å². The molecule has 0 aliphatic heterocycles. The van der Waals surface area contributed by atoms with Gasteiger partial charge in [-0.2, -0.15) is 4.98 Å². The summed E-state index contributed by atoms with van der Waals surface area (Å²) in [6.45, 7) is 1.50. The quantitative estimate of drug-likeness (QED) is 0.863. The van der Waals surface area contributed by atoms with Crippen LogP contribution in [0.2, 0.25) is 0 Å². The van der Waals surface area contributed by atoms with Crippen molar-refractivity contribution >= 4 is 5.91 Å². The van der Waals surface area contributed by atoms with Crippen molar-refractivity contribution in [3.8, 4) is 0 Å². The lowest BCUT2D eigenvalue weighted by molar-refractivity contribution is 0.0945. The molecule has 0 atom stereocenters. The molecule has 0 aliphatic carbocycles. The summed E-state index contributed by atoms with van der Waals surface area (Å²) >= 11 is 0. The number of carbonyl (C=O) groups is 1. The highest BCUT2D eigenvalue weighted by atomic mass is 19.2. The standard InChI is InChI=1S/C11H8F3N3O2/c1-5-16-9(19-17-5)4-15-11(18)6-2-7(12)10(14)8(13)3-6/h2-3H,4H2,1H3,(H,15,18). The van der Waals surface area contributed by atoms with E-state index in [1.807, 2.05) is 0 Å². The van der Waals surface area contributed by atoms with Gasteiger partial charge in [0, 0.05) is 5.56 Å². The molecule has 0 bridgehead atoms. The van der Waals surface area contributed by atoms with Gasteiger partial charge < -0.3 is 9.84 Å². The van der Waals surface area contributed by atoms with Gasteiger partial charge >= 0.3 is 0 Å². The summed E-state index contributed by atoms with van der Waals surface area (Å²) in [6, 6.07) is 1.21. The molecule has 0 unspecified atom stereocenters. The van der Waals surface area contributed by atoms with E-state index in [1.54, 1.807) is 6.92 Å². The lowest BCUT2D eigenvalue weighted by Crippen LogP contribution is -2.23. The fourth-order valence-corrected chi connectivity index (χ4v) is 1.36. The predicted octanol–water partition coefficient (Wildman–Crippen LogP) is 1.73. The van der Waals surface area contributed by atoms with E-state index in [1.165, 1.54) is 0 Å². The maximum Gasteiger partial charge on any atom is 0.251 e. The van der Waals surface area contributed by atoms with E-state index in [0.29, 0.717) is 18.0 Å². The van der Waals surface area contributed by atoms with Crippen LogP contribution in [0.4, 0.5) is 13.2 Å². The molecule has 1 aromatic heterocycles. The number of benzene rings is 1. The highest BCUT2D eigenvalue weighted by Gasteiger charge is 2.15. The monoisotopic (exact) mass is 271 g/mol. The van der Waals surface area contributed by atoms with Crippen molar-refractivity contribution in [1.29, 1.82) is 0 Å². The van der Waals surface area contributed by atoms with Gasteiger partial charge in [0.25, 0.3) is 5.91 Å². The van der Waals surface area contributed by atoms with Crippen LogP contribution < -0.4 is 5.32 Å². The molecule has 1 heterocycles. The zero-order chi connectivity index (χ0) is 14.0. The third kappa shape index (κ3) is 2.90. The smallest absolute Gasteiger partial charge is 0.251 e. The number of halogens is 3. The van der Waals surface area contributed by atoms with Crippen LogP contribution in [0.15, 0.2) is 16.7 Å². The maximum absolute atomic E-state index is 12.9. The Kier molecular flexibility index (Phi) is 3.50. The average molecular weight is 271 g/mol. The Morgan fingerprint density at radius 1 is 1.32 bits per heavy atom. The van der Waals surface area contributed by atoms with Gasteiger partial charge in [0.15, 0.2) is 23.3 Å². The van der Waals surface area contributed by atoms with Gasteiger partial charge in [0.1, 0.15) is 0 Å². The highest BCUT2D eigenvalue weighted by Crippen LogP contribution is 2.13. The van der Waals surface area contributed by atoms with Crippen LogP contribution in [-0.2, 0) is 6.54 Å². The van der Waals surface area contributed by atoms with Gasteiger partial charge in [-0.1, -0.05) is 5.16 Å². The van der Waals surface area contributed by atoms with Crippen molar-refractivity contribution in [3.05, 3.63) is 46.9 Å². The summed E-state index contributed by atoms with van der Waals surface area (Å²) in [5.74, 6) is -4.73. The van der Waals surface area contributed by atoms with Crippen LogP contribution >= 0.6 is 0 Å². The van der Waals surface area contributed by atoms with Crippen molar-refractivity contribution in [2.45, 2.75) is 13.5 Å². The molecule has 2 aromatic rings. The Morgan fingerprint density at radius 3 is 2.47 bits per heavy atom. The second-order valence-corrected chi connectivity index (χ2v) is 3.67. The number of rotatable bonds is 3. The second-order valence-electron chi connectivity index (χ2n) is 3.67. The first-order valence-electron chi connectivity index (χ1n) is 5.19. The zero-order valence-electron chi connectivity index (χ0n) is 9.71. The molecule has 1 N–H and O–H groups in total. The van der Waals surface area contributed by atoms with Crippen LogP contribution in [0, 0.1) is 24.4 Å². The van der Waals surface area contributed by atoms with Crippen LogP contribution in [0.1, 0.15) is 22.1 Å². The Hall–Kier alpha value is -2.38. The summed E-state index contributed by atoms with van der Waals surface area (Å²) in [6.07, 6.45) is 0. The van der Waals surface area contributed by atoms with E-state index in [0.717, 1.165) is 0 Å². The first kappa shape index (κ1) is 13.1. The van der Waals surface area contributed by atoms with Crippen molar-refractivity contribution < 1.29 is 22.5 Å². The van der Waals surface area contributed by atoms with Gasteiger partial charge in [-0.05, 0) is 19.1 Å². The molecule has 1 amide bonds. The fraction of sp³-hybridized carbons (Fsp3) is 0.182. The largest absolute Gasteiger partial charge is 0.343 e. The lowest BCUT2D eigenvalue weighted by atomic mass is 10.2. The lowest BCUT2D eigenvalue weighted by Gasteiger charge is -2.03. The molecular weight excluding hydrogens is 263 g/mol. The molecule has 0 spiro atoms. The zero-order valence-corrected chi connectivity index (χ0v) is 9.71. The fourth-order valence-electron chi connectivity index (χ4n) is 1.36. The van der Waals surface area contributed by atoms with Crippen LogP contribution in [0.3, 0.4) is 0 Å². The highest BCUT2D eigenvalue weighted by molar-refractivity contribution is 5.94. The Bertz CT molecular complexity index is 604. The molecular formula is C11H8F3N3O2. The van der Waals surface area contributed by atoms with E-state index in [9.17, 15) is 18.0 Å². The minimum absolute atomic E-state index is 0.0969. The van der Waals surface area contributed by atoms with E-state index in [-0.39, 0.29) is 18.0 Å². The van der Waals surface area contributed by atoms with Gasteiger partial charge in [-0.25, -0.2) is 13.2 Å². The number of nitrogens with one attached hydrogen (secondary N) is 1. The maximum atomic E-state index is 12.9. The Morgan fingerprint density at radius 2 is 1.95 bits per heavy atom. The molecule has 1 aromatic carbocycles. The van der Waals surface area contributed by atoms with Crippen LogP contribution in [0.5, 0.6) is 0 Å². The first-order valence-corrected chi connectivity index (χ1v) is 5.19. The molecule has 2 rings (SSSR count). The number of carbonyl (C=O) groups excluding carboxylic acids is 1. The summed E-state index contributed by atoms with van der Waals surface area (Å²) in [5.41, 5.74) is -0.340. The molecule has 19 heavy (non-hydrogen) atoms. The second kappa shape index (κ2) is 5.09. The number of aryl methyl sites for hydroxylation is 1. The molecule has 0 fully saturated rings. The molecule has 0 radical (unpaired) electrons. The topological polar surface area (TPSA) is 68.0 Å². The van der Waals surface area contributed by atoms with Crippen molar-refractivity contribution in [2.24, 2.45) is 0 Å². The Labute approximate surface area is 105 Å². The molecule has 0 saturated heterocycles. The number of aromatic nitrogens is 2. The third-order valence-corrected chi connectivity index (χ3v) is 2.22. The van der Waals surface area contributed by atoms with Crippen molar-refractivity contribution in [3.63, 3.8) is 0 Å². The van der Waals surface area contributed by atoms with E-state index >= 15 is 0 Å². The minimum Gasteiger partial charge on any atom is -0.343 e. The number of hydrogen-bond acceptors (Lipinski definition) is 4. The molecule has 5 nitrogen and oxygen atoms in total. The van der Waals surface area contributed by atoms with Gasteiger partial charge in [0.05, 0.1) is 6.54 Å². The summed E-state index contributed by atoms with van der Waals surface area (Å²) in [4.78, 5) is 15.4. The molecule has 0 aliphatic rings. The number of amides is 1. The van der Waals surface area contributed by atoms with Crippen molar-refractivity contribution in [1.82, 2.24) is 15.5 Å². The van der Waals surface area contributed by atoms with Crippen LogP contribution in [0.25, 0.3) is 0 Å². The van der Waals surface area contributed by atoms with E-state index in [2.05, 4.69) is 15.5 Å². The third-order valence-electron chi connectivity index (χ3n) is 2.22. The van der Waals surface area contributed by atoms with Gasteiger partial charge in [-0.3, -0.25) is 4.79 Å². The minimum atomic E-state index is -1.62. The number of hydrogen-bond donors (Lipinski definition) is 1.